The number of hydrogen-bond acceptors (Lipinski definition) is 2. The summed E-state index contributed by atoms with van der Waals surface area (Å²) in [6.07, 6.45) is 1.11. The highest BCUT2D eigenvalue weighted by atomic mass is 35.5. The number of benzene rings is 1. The molecule has 0 heterocycles. The van der Waals surface area contributed by atoms with Crippen molar-refractivity contribution in [3.63, 3.8) is 0 Å². The average molecular weight is 273 g/mol. The van der Waals surface area contributed by atoms with Crippen LogP contribution in [0.1, 0.15) is 31.9 Å². The van der Waals surface area contributed by atoms with Gasteiger partial charge in [0.2, 0.25) is 0 Å². The third kappa shape index (κ3) is 4.23. The van der Waals surface area contributed by atoms with Crippen molar-refractivity contribution >= 4 is 11.6 Å². The smallest absolute Gasteiger partial charge is 0.141 e. The third-order valence-corrected chi connectivity index (χ3v) is 3.43. The van der Waals surface area contributed by atoms with E-state index in [4.69, 9.17) is 17.3 Å². The minimum Gasteiger partial charge on any atom is -0.329 e. The van der Waals surface area contributed by atoms with E-state index in [0.717, 1.165) is 18.5 Å². The minimum atomic E-state index is -0.388. The minimum absolute atomic E-state index is 0.0850. The van der Waals surface area contributed by atoms with E-state index in [1.807, 2.05) is 7.05 Å². The lowest BCUT2D eigenvalue weighted by molar-refractivity contribution is 0.236. The standard InChI is InChI=1S/C14H22ClFN2/c1-10(2)6-7-18(3)14(9-17)11-4-5-13(16)12(15)8-11/h4-5,8,10,14H,6-7,9,17H2,1-3H3. The summed E-state index contributed by atoms with van der Waals surface area (Å²) in [5.74, 6) is 0.267. The molecule has 0 amide bonds. The van der Waals surface area contributed by atoms with Crippen LogP contribution in [-0.4, -0.2) is 25.0 Å². The first-order chi connectivity index (χ1) is 8.45. The molecular formula is C14H22ClFN2. The zero-order valence-electron chi connectivity index (χ0n) is 11.3. The van der Waals surface area contributed by atoms with Crippen molar-refractivity contribution in [1.29, 1.82) is 0 Å². The molecule has 0 aliphatic rings. The van der Waals surface area contributed by atoms with Crippen molar-refractivity contribution in [2.75, 3.05) is 20.1 Å². The SMILES string of the molecule is CC(C)CCN(C)C(CN)c1ccc(F)c(Cl)c1. The van der Waals surface area contributed by atoms with E-state index in [9.17, 15) is 4.39 Å². The van der Waals surface area contributed by atoms with Gasteiger partial charge < -0.3 is 5.73 Å². The van der Waals surface area contributed by atoms with E-state index in [0.29, 0.717) is 12.5 Å². The number of nitrogens with two attached hydrogens (primary N) is 1. The fraction of sp³-hybridized carbons (Fsp3) is 0.571. The van der Waals surface area contributed by atoms with Crippen molar-refractivity contribution in [2.45, 2.75) is 26.3 Å². The molecule has 1 rings (SSSR count). The molecule has 2 N–H and O–H groups in total. The van der Waals surface area contributed by atoms with Crippen molar-refractivity contribution < 1.29 is 4.39 Å². The summed E-state index contributed by atoms with van der Waals surface area (Å²) in [6.45, 7) is 5.85. The average Bonchev–Trinajstić information content (AvgIpc) is 2.32. The van der Waals surface area contributed by atoms with Gasteiger partial charge in [-0.3, -0.25) is 4.90 Å². The summed E-state index contributed by atoms with van der Waals surface area (Å²) in [4.78, 5) is 2.20. The summed E-state index contributed by atoms with van der Waals surface area (Å²) in [5.41, 5.74) is 6.79. The first-order valence-electron chi connectivity index (χ1n) is 6.31. The maximum absolute atomic E-state index is 13.1. The van der Waals surface area contributed by atoms with Crippen LogP contribution < -0.4 is 5.73 Å². The van der Waals surface area contributed by atoms with Gasteiger partial charge in [-0.15, -0.1) is 0 Å². The molecule has 4 heteroatoms. The Kier molecular flexibility index (Phi) is 6.06. The number of nitrogens with zero attached hydrogens (tertiary/aromatic N) is 1. The molecule has 0 spiro atoms. The van der Waals surface area contributed by atoms with Gasteiger partial charge in [-0.1, -0.05) is 31.5 Å². The Morgan fingerprint density at radius 1 is 1.39 bits per heavy atom. The molecule has 0 aliphatic carbocycles. The Morgan fingerprint density at radius 2 is 2.06 bits per heavy atom. The van der Waals surface area contributed by atoms with E-state index >= 15 is 0 Å². The normalized spacial score (nSPS) is 13.3. The van der Waals surface area contributed by atoms with Crippen LogP contribution in [0.2, 0.25) is 5.02 Å². The lowest BCUT2D eigenvalue weighted by atomic mass is 10.0. The first-order valence-corrected chi connectivity index (χ1v) is 6.68. The maximum Gasteiger partial charge on any atom is 0.141 e. The highest BCUT2D eigenvalue weighted by molar-refractivity contribution is 6.30. The molecule has 18 heavy (non-hydrogen) atoms. The first kappa shape index (κ1) is 15.4. The maximum atomic E-state index is 13.1. The Bertz CT molecular complexity index is 382. The molecule has 0 saturated carbocycles. The fourth-order valence-electron chi connectivity index (χ4n) is 1.91. The lowest BCUT2D eigenvalue weighted by Crippen LogP contribution is -2.31. The van der Waals surface area contributed by atoms with E-state index < -0.39 is 0 Å². The molecule has 2 nitrogen and oxygen atoms in total. The van der Waals surface area contributed by atoms with Gasteiger partial charge in [0.1, 0.15) is 5.82 Å². The summed E-state index contributed by atoms with van der Waals surface area (Å²) >= 11 is 5.81. The molecular weight excluding hydrogens is 251 g/mol. The quantitative estimate of drug-likeness (QED) is 0.859. The van der Waals surface area contributed by atoms with Gasteiger partial charge in [0.25, 0.3) is 0 Å². The Labute approximate surface area is 114 Å². The van der Waals surface area contributed by atoms with Crippen LogP contribution in [-0.2, 0) is 0 Å². The number of likely N-dealkylation sites (N-methyl/N-ethyl adjacent to an activating group) is 1. The van der Waals surface area contributed by atoms with Crippen molar-refractivity contribution in [3.05, 3.63) is 34.6 Å². The topological polar surface area (TPSA) is 29.3 Å². The van der Waals surface area contributed by atoms with Crippen LogP contribution in [0.4, 0.5) is 4.39 Å². The van der Waals surface area contributed by atoms with Crippen molar-refractivity contribution in [2.24, 2.45) is 11.7 Å². The molecule has 0 fully saturated rings. The van der Waals surface area contributed by atoms with Gasteiger partial charge in [-0.2, -0.15) is 0 Å². The van der Waals surface area contributed by atoms with E-state index in [1.165, 1.54) is 6.07 Å². The number of halogens is 2. The largest absolute Gasteiger partial charge is 0.329 e. The molecule has 0 radical (unpaired) electrons. The van der Waals surface area contributed by atoms with Crippen LogP contribution in [0.5, 0.6) is 0 Å². The molecule has 0 aromatic heterocycles. The molecule has 1 aromatic rings. The second-order valence-corrected chi connectivity index (χ2v) is 5.50. The monoisotopic (exact) mass is 272 g/mol. The summed E-state index contributed by atoms with van der Waals surface area (Å²) < 4.78 is 13.1. The predicted molar refractivity (Wildman–Crippen MR) is 75.3 cm³/mol. The zero-order chi connectivity index (χ0) is 13.7. The molecule has 0 aliphatic heterocycles. The molecule has 1 atom stereocenters. The van der Waals surface area contributed by atoms with Crippen LogP contribution in [0.15, 0.2) is 18.2 Å². The van der Waals surface area contributed by atoms with Gasteiger partial charge in [0.05, 0.1) is 5.02 Å². The Hall–Kier alpha value is -0.640. The van der Waals surface area contributed by atoms with Crippen LogP contribution in [0.25, 0.3) is 0 Å². The molecule has 0 saturated heterocycles. The Morgan fingerprint density at radius 3 is 2.56 bits per heavy atom. The van der Waals surface area contributed by atoms with E-state index in [2.05, 4.69) is 18.7 Å². The van der Waals surface area contributed by atoms with Gasteiger partial charge in [-0.05, 0) is 43.6 Å². The molecule has 0 bridgehead atoms. The van der Waals surface area contributed by atoms with Crippen LogP contribution >= 0.6 is 11.6 Å². The van der Waals surface area contributed by atoms with Crippen molar-refractivity contribution in [3.8, 4) is 0 Å². The van der Waals surface area contributed by atoms with Gasteiger partial charge in [0, 0.05) is 12.6 Å². The van der Waals surface area contributed by atoms with E-state index in [1.54, 1.807) is 12.1 Å². The zero-order valence-corrected chi connectivity index (χ0v) is 12.0. The third-order valence-electron chi connectivity index (χ3n) is 3.14. The van der Waals surface area contributed by atoms with Gasteiger partial charge in [-0.25, -0.2) is 4.39 Å². The highest BCUT2D eigenvalue weighted by Crippen LogP contribution is 2.24. The van der Waals surface area contributed by atoms with Crippen molar-refractivity contribution in [1.82, 2.24) is 4.90 Å². The second kappa shape index (κ2) is 7.07. The lowest BCUT2D eigenvalue weighted by Gasteiger charge is -2.28. The van der Waals surface area contributed by atoms with Crippen LogP contribution in [0, 0.1) is 11.7 Å². The highest BCUT2D eigenvalue weighted by Gasteiger charge is 2.16. The molecule has 102 valence electrons. The predicted octanol–water partition coefficient (Wildman–Crippen LogP) is 3.46. The second-order valence-electron chi connectivity index (χ2n) is 5.09. The van der Waals surface area contributed by atoms with Crippen LogP contribution in [0.3, 0.4) is 0 Å². The van der Waals surface area contributed by atoms with E-state index in [-0.39, 0.29) is 16.9 Å². The molecule has 1 aromatic carbocycles. The Balaban J connectivity index is 2.78. The van der Waals surface area contributed by atoms with Gasteiger partial charge in [0.15, 0.2) is 0 Å². The summed E-state index contributed by atoms with van der Waals surface area (Å²) in [5, 5.41) is 0.156. The number of hydrogen-bond donors (Lipinski definition) is 1. The fourth-order valence-corrected chi connectivity index (χ4v) is 2.10. The number of rotatable bonds is 6. The summed E-state index contributed by atoms with van der Waals surface area (Å²) in [7, 11) is 2.04. The molecule has 1 unspecified atom stereocenters. The van der Waals surface area contributed by atoms with Gasteiger partial charge >= 0.3 is 0 Å². The summed E-state index contributed by atoms with van der Waals surface area (Å²) in [6, 6.07) is 4.91.